The molecule has 0 saturated carbocycles. The number of pyridine rings is 1. The molecule has 0 saturated heterocycles. The van der Waals surface area contributed by atoms with Crippen LogP contribution in [0.15, 0.2) is 18.3 Å². The average Bonchev–Trinajstić information content (AvgIpc) is 2.34. The van der Waals surface area contributed by atoms with E-state index in [1.807, 2.05) is 0 Å². The number of hydrogen-bond donors (Lipinski definition) is 3. The highest BCUT2D eigenvalue weighted by atomic mass is 16.2. The van der Waals surface area contributed by atoms with Crippen LogP contribution in [0.5, 0.6) is 0 Å². The average molecular weight is 278 g/mol. The normalized spacial score (nSPS) is 10.9. The zero-order valence-electron chi connectivity index (χ0n) is 12.2. The molecule has 0 unspecified atom stereocenters. The van der Waals surface area contributed by atoms with Crippen molar-refractivity contribution in [1.29, 1.82) is 0 Å². The number of rotatable bonds is 7. The summed E-state index contributed by atoms with van der Waals surface area (Å²) in [6.07, 6.45) is 2.65. The first kappa shape index (κ1) is 15.9. The molecule has 6 nitrogen and oxygen atoms in total. The van der Waals surface area contributed by atoms with E-state index in [4.69, 9.17) is 5.73 Å². The van der Waals surface area contributed by atoms with E-state index in [9.17, 15) is 9.59 Å². The van der Waals surface area contributed by atoms with Gasteiger partial charge in [0.05, 0.1) is 0 Å². The van der Waals surface area contributed by atoms with Crippen LogP contribution in [0.2, 0.25) is 0 Å². The fourth-order valence-corrected chi connectivity index (χ4v) is 1.79. The molecule has 0 aliphatic carbocycles. The second-order valence-electron chi connectivity index (χ2n) is 5.34. The maximum absolute atomic E-state index is 12.1. The zero-order valence-corrected chi connectivity index (χ0v) is 12.2. The topological polar surface area (TPSA) is 97.1 Å². The van der Waals surface area contributed by atoms with Crippen molar-refractivity contribution >= 4 is 17.5 Å². The van der Waals surface area contributed by atoms with E-state index in [1.165, 1.54) is 0 Å². The van der Waals surface area contributed by atoms with E-state index in [2.05, 4.69) is 22.5 Å². The molecule has 1 rings (SSSR count). The van der Waals surface area contributed by atoms with Crippen LogP contribution < -0.4 is 16.4 Å². The summed E-state index contributed by atoms with van der Waals surface area (Å²) in [6.45, 7) is 6.39. The summed E-state index contributed by atoms with van der Waals surface area (Å²) in [7, 11) is 0. The smallest absolute Gasteiger partial charge is 0.270 e. The number of anilines is 1. The van der Waals surface area contributed by atoms with Gasteiger partial charge in [-0.1, -0.05) is 6.92 Å². The van der Waals surface area contributed by atoms with Gasteiger partial charge in [-0.3, -0.25) is 14.6 Å². The summed E-state index contributed by atoms with van der Waals surface area (Å²) in [5.74, 6) is -0.780. The largest absolute Gasteiger partial charge is 0.385 e. The Morgan fingerprint density at radius 2 is 2.10 bits per heavy atom. The number of hydrogen-bond acceptors (Lipinski definition) is 4. The number of amides is 2. The van der Waals surface area contributed by atoms with Gasteiger partial charge in [0, 0.05) is 30.4 Å². The Kier molecular flexibility index (Phi) is 5.49. The van der Waals surface area contributed by atoms with Gasteiger partial charge in [-0.2, -0.15) is 0 Å². The van der Waals surface area contributed by atoms with E-state index in [-0.39, 0.29) is 12.3 Å². The molecule has 0 aromatic carbocycles. The fraction of sp³-hybridized carbons (Fsp3) is 0.500. The SMILES string of the molecule is CCCNc1ccnc(C(=O)NC(C)(C)CC(N)=O)c1. The molecular formula is C14H22N4O2. The van der Waals surface area contributed by atoms with Gasteiger partial charge < -0.3 is 16.4 Å². The maximum atomic E-state index is 12.1. The summed E-state index contributed by atoms with van der Waals surface area (Å²) in [6, 6.07) is 3.49. The first-order valence-corrected chi connectivity index (χ1v) is 6.65. The van der Waals surface area contributed by atoms with Gasteiger partial charge in [0.25, 0.3) is 5.91 Å². The third kappa shape index (κ3) is 5.26. The van der Waals surface area contributed by atoms with Gasteiger partial charge in [0.1, 0.15) is 5.69 Å². The number of carbonyl (C=O) groups is 2. The van der Waals surface area contributed by atoms with E-state index < -0.39 is 11.4 Å². The molecule has 0 aliphatic rings. The Hall–Kier alpha value is -2.11. The van der Waals surface area contributed by atoms with Crippen LogP contribution in [-0.4, -0.2) is 28.9 Å². The first-order chi connectivity index (χ1) is 9.34. The molecule has 1 aromatic heterocycles. The van der Waals surface area contributed by atoms with Crippen molar-refractivity contribution in [3.05, 3.63) is 24.0 Å². The Balaban J connectivity index is 2.74. The van der Waals surface area contributed by atoms with Crippen LogP contribution in [0.25, 0.3) is 0 Å². The number of aromatic nitrogens is 1. The number of primary amides is 1. The van der Waals surface area contributed by atoms with Gasteiger partial charge in [-0.15, -0.1) is 0 Å². The van der Waals surface area contributed by atoms with Crippen LogP contribution in [-0.2, 0) is 4.79 Å². The molecule has 0 fully saturated rings. The molecule has 4 N–H and O–H groups in total. The Morgan fingerprint density at radius 1 is 1.40 bits per heavy atom. The summed E-state index contributed by atoms with van der Waals surface area (Å²) >= 11 is 0. The highest BCUT2D eigenvalue weighted by Crippen LogP contribution is 2.12. The monoisotopic (exact) mass is 278 g/mol. The van der Waals surface area contributed by atoms with Gasteiger partial charge in [0.15, 0.2) is 0 Å². The van der Waals surface area contributed by atoms with Crippen molar-refractivity contribution in [2.75, 3.05) is 11.9 Å². The molecule has 0 atom stereocenters. The summed E-state index contributed by atoms with van der Waals surface area (Å²) < 4.78 is 0. The van der Waals surface area contributed by atoms with E-state index >= 15 is 0 Å². The van der Waals surface area contributed by atoms with Crippen molar-refractivity contribution < 1.29 is 9.59 Å². The van der Waals surface area contributed by atoms with E-state index in [0.717, 1.165) is 18.7 Å². The highest BCUT2D eigenvalue weighted by Gasteiger charge is 2.24. The third-order valence-electron chi connectivity index (χ3n) is 2.64. The summed E-state index contributed by atoms with van der Waals surface area (Å²) in [5, 5.41) is 5.95. The highest BCUT2D eigenvalue weighted by molar-refractivity contribution is 5.94. The standard InChI is InChI=1S/C14H22N4O2/c1-4-6-16-10-5-7-17-11(8-10)13(20)18-14(2,3)9-12(15)19/h5,7-8H,4,6,9H2,1-3H3,(H2,15,19)(H,16,17)(H,18,20). The minimum Gasteiger partial charge on any atom is -0.385 e. The minimum absolute atomic E-state index is 0.0759. The molecule has 1 heterocycles. The number of nitrogens with two attached hydrogens (primary N) is 1. The Labute approximate surface area is 119 Å². The van der Waals surface area contributed by atoms with Crippen LogP contribution >= 0.6 is 0 Å². The van der Waals surface area contributed by atoms with Gasteiger partial charge in [-0.05, 0) is 32.4 Å². The minimum atomic E-state index is -0.697. The Bertz CT molecular complexity index is 486. The number of carbonyl (C=O) groups excluding carboxylic acids is 2. The van der Waals surface area contributed by atoms with E-state index in [0.29, 0.717) is 5.69 Å². The quantitative estimate of drug-likeness (QED) is 0.700. The lowest BCUT2D eigenvalue weighted by molar-refractivity contribution is -0.119. The van der Waals surface area contributed by atoms with Crippen LogP contribution in [0.4, 0.5) is 5.69 Å². The lowest BCUT2D eigenvalue weighted by atomic mass is 10.00. The van der Waals surface area contributed by atoms with Gasteiger partial charge in [-0.25, -0.2) is 0 Å². The van der Waals surface area contributed by atoms with Crippen molar-refractivity contribution in [1.82, 2.24) is 10.3 Å². The molecule has 0 bridgehead atoms. The molecule has 110 valence electrons. The number of nitrogens with zero attached hydrogens (tertiary/aromatic N) is 1. The molecule has 20 heavy (non-hydrogen) atoms. The fourth-order valence-electron chi connectivity index (χ4n) is 1.79. The zero-order chi connectivity index (χ0) is 15.2. The van der Waals surface area contributed by atoms with Crippen LogP contribution in [0.1, 0.15) is 44.1 Å². The predicted octanol–water partition coefficient (Wildman–Crippen LogP) is 1.29. The summed E-state index contributed by atoms with van der Waals surface area (Å²) in [4.78, 5) is 27.1. The third-order valence-corrected chi connectivity index (χ3v) is 2.64. The van der Waals surface area contributed by atoms with Gasteiger partial charge in [0.2, 0.25) is 5.91 Å². The van der Waals surface area contributed by atoms with Crippen molar-refractivity contribution in [2.45, 2.75) is 39.2 Å². The lowest BCUT2D eigenvalue weighted by Crippen LogP contribution is -2.46. The molecule has 6 heteroatoms. The van der Waals surface area contributed by atoms with Crippen LogP contribution in [0, 0.1) is 0 Å². The molecule has 2 amide bonds. The van der Waals surface area contributed by atoms with E-state index in [1.54, 1.807) is 32.2 Å². The predicted molar refractivity (Wildman–Crippen MR) is 78.4 cm³/mol. The Morgan fingerprint density at radius 3 is 2.70 bits per heavy atom. The van der Waals surface area contributed by atoms with Gasteiger partial charge >= 0.3 is 0 Å². The number of nitrogens with one attached hydrogen (secondary N) is 2. The molecule has 0 radical (unpaired) electrons. The van der Waals surface area contributed by atoms with Crippen molar-refractivity contribution in [2.24, 2.45) is 5.73 Å². The molecular weight excluding hydrogens is 256 g/mol. The molecule has 1 aromatic rings. The van der Waals surface area contributed by atoms with Crippen molar-refractivity contribution in [3.8, 4) is 0 Å². The first-order valence-electron chi connectivity index (χ1n) is 6.65. The molecule has 0 aliphatic heterocycles. The molecule has 0 spiro atoms. The summed E-state index contributed by atoms with van der Waals surface area (Å²) in [5.41, 5.74) is 5.62. The maximum Gasteiger partial charge on any atom is 0.270 e. The van der Waals surface area contributed by atoms with Crippen molar-refractivity contribution in [3.63, 3.8) is 0 Å². The second kappa shape index (κ2) is 6.88. The second-order valence-corrected chi connectivity index (χ2v) is 5.34. The lowest BCUT2D eigenvalue weighted by Gasteiger charge is -2.24. The van der Waals surface area contributed by atoms with Crippen LogP contribution in [0.3, 0.4) is 0 Å².